The molecule has 0 spiro atoms. The van der Waals surface area contributed by atoms with Crippen LogP contribution in [0, 0.1) is 13.8 Å². The molecule has 3 aromatic rings. The molecule has 1 atom stereocenters. The van der Waals surface area contributed by atoms with Gasteiger partial charge in [0.15, 0.2) is 0 Å². The van der Waals surface area contributed by atoms with E-state index in [4.69, 9.17) is 0 Å². The number of carbonyl (C=O) groups is 2. The largest absolute Gasteiger partial charge is 0.324 e. The lowest BCUT2D eigenvalue weighted by Crippen LogP contribution is -2.44. The molecule has 130 valence electrons. The monoisotopic (exact) mass is 344 g/mol. The Hall–Kier alpha value is -3.14. The number of rotatable bonds is 3. The maximum atomic E-state index is 12.9. The molecule has 0 saturated heterocycles. The van der Waals surface area contributed by atoms with Crippen molar-refractivity contribution in [2.45, 2.75) is 26.8 Å². The van der Waals surface area contributed by atoms with Crippen LogP contribution in [0.3, 0.4) is 0 Å². The first-order valence-corrected chi connectivity index (χ1v) is 8.71. The summed E-state index contributed by atoms with van der Waals surface area (Å²) in [5, 5.41) is 4.91. The van der Waals surface area contributed by atoms with Crippen LogP contribution in [0.25, 0.3) is 10.8 Å². The number of hydrogen-bond donors (Lipinski definition) is 1. The molecular weight excluding hydrogens is 324 g/mol. The quantitative estimate of drug-likeness (QED) is 0.763. The van der Waals surface area contributed by atoms with Crippen LogP contribution >= 0.6 is 0 Å². The van der Waals surface area contributed by atoms with E-state index in [1.54, 1.807) is 11.8 Å². The van der Waals surface area contributed by atoms with Gasteiger partial charge in [0.05, 0.1) is 5.69 Å². The highest BCUT2D eigenvalue weighted by Crippen LogP contribution is 2.38. The van der Waals surface area contributed by atoms with E-state index in [0.717, 1.165) is 33.3 Å². The van der Waals surface area contributed by atoms with Gasteiger partial charge in [-0.1, -0.05) is 36.4 Å². The van der Waals surface area contributed by atoms with Crippen molar-refractivity contribution in [3.05, 3.63) is 71.3 Å². The molecule has 2 amide bonds. The summed E-state index contributed by atoms with van der Waals surface area (Å²) >= 11 is 0. The molecule has 0 aromatic heterocycles. The fourth-order valence-corrected chi connectivity index (χ4v) is 3.56. The Bertz CT molecular complexity index is 1050. The first kappa shape index (κ1) is 16.3. The zero-order chi connectivity index (χ0) is 18.4. The Morgan fingerprint density at radius 1 is 1.00 bits per heavy atom. The third kappa shape index (κ3) is 2.37. The molecule has 1 N–H and O–H groups in total. The fraction of sp³-hybridized carbons (Fsp3) is 0.182. The van der Waals surface area contributed by atoms with Crippen LogP contribution in [0.4, 0.5) is 11.4 Å². The predicted molar refractivity (Wildman–Crippen MR) is 105 cm³/mol. The topological polar surface area (TPSA) is 49.4 Å². The third-order valence-electron chi connectivity index (χ3n) is 5.22. The average Bonchev–Trinajstić information content (AvgIpc) is 2.93. The Kier molecular flexibility index (Phi) is 3.76. The zero-order valence-electron chi connectivity index (χ0n) is 15.0. The van der Waals surface area contributed by atoms with E-state index in [0.29, 0.717) is 5.56 Å². The van der Waals surface area contributed by atoms with E-state index in [1.807, 2.05) is 68.4 Å². The van der Waals surface area contributed by atoms with Crippen LogP contribution in [0.1, 0.15) is 28.4 Å². The molecule has 1 aliphatic heterocycles. The van der Waals surface area contributed by atoms with E-state index in [-0.39, 0.29) is 11.8 Å². The minimum absolute atomic E-state index is 0.125. The molecule has 26 heavy (non-hydrogen) atoms. The molecule has 0 bridgehead atoms. The molecule has 4 nitrogen and oxygen atoms in total. The SMILES string of the molecule is Cc1cccc(NC(=O)[C@@H](C)N2C(=O)c3cccc4cccc2c34)c1C. The van der Waals surface area contributed by atoms with Gasteiger partial charge >= 0.3 is 0 Å². The highest BCUT2D eigenvalue weighted by atomic mass is 16.2. The fourth-order valence-electron chi connectivity index (χ4n) is 3.56. The molecule has 1 aliphatic rings. The van der Waals surface area contributed by atoms with Crippen LogP contribution in [-0.2, 0) is 4.79 Å². The minimum Gasteiger partial charge on any atom is -0.324 e. The molecule has 3 aromatic carbocycles. The van der Waals surface area contributed by atoms with Gasteiger partial charge in [-0.15, -0.1) is 0 Å². The van der Waals surface area contributed by atoms with Crippen LogP contribution < -0.4 is 10.2 Å². The molecule has 4 rings (SSSR count). The first-order valence-electron chi connectivity index (χ1n) is 8.71. The van der Waals surface area contributed by atoms with Gasteiger partial charge in [0.2, 0.25) is 5.91 Å². The summed E-state index contributed by atoms with van der Waals surface area (Å²) in [6.45, 7) is 5.76. The lowest BCUT2D eigenvalue weighted by Gasteiger charge is -2.25. The molecule has 4 heteroatoms. The summed E-state index contributed by atoms with van der Waals surface area (Å²) in [5.41, 5.74) is 4.39. The van der Waals surface area contributed by atoms with E-state index in [2.05, 4.69) is 5.32 Å². The van der Waals surface area contributed by atoms with E-state index < -0.39 is 6.04 Å². The van der Waals surface area contributed by atoms with Crippen molar-refractivity contribution >= 4 is 34.0 Å². The molecule has 0 unspecified atom stereocenters. The van der Waals surface area contributed by atoms with E-state index >= 15 is 0 Å². The average molecular weight is 344 g/mol. The Labute approximate surface area is 152 Å². The molecule has 0 fully saturated rings. The molecule has 0 aliphatic carbocycles. The van der Waals surface area contributed by atoms with Crippen LogP contribution in [0.15, 0.2) is 54.6 Å². The smallest absolute Gasteiger partial charge is 0.259 e. The van der Waals surface area contributed by atoms with Crippen LogP contribution in [0.5, 0.6) is 0 Å². The van der Waals surface area contributed by atoms with Crippen molar-refractivity contribution < 1.29 is 9.59 Å². The maximum absolute atomic E-state index is 12.9. The molecule has 0 saturated carbocycles. The lowest BCUT2D eigenvalue weighted by atomic mass is 10.1. The molecule has 0 radical (unpaired) electrons. The number of carbonyl (C=O) groups excluding carboxylic acids is 2. The summed E-state index contributed by atoms with van der Waals surface area (Å²) in [6, 6.07) is 16.7. The van der Waals surface area contributed by atoms with Crippen molar-refractivity contribution in [1.82, 2.24) is 0 Å². The second-order valence-electron chi connectivity index (χ2n) is 6.77. The number of amides is 2. The Balaban J connectivity index is 1.68. The predicted octanol–water partition coefficient (Wildman–Crippen LogP) is 4.44. The van der Waals surface area contributed by atoms with E-state index in [1.165, 1.54) is 0 Å². The third-order valence-corrected chi connectivity index (χ3v) is 5.22. The second-order valence-corrected chi connectivity index (χ2v) is 6.77. The highest BCUT2D eigenvalue weighted by Gasteiger charge is 2.35. The van der Waals surface area contributed by atoms with Gasteiger partial charge in [-0.2, -0.15) is 0 Å². The van der Waals surface area contributed by atoms with Crippen LogP contribution in [0.2, 0.25) is 0 Å². The number of aryl methyl sites for hydroxylation is 1. The van der Waals surface area contributed by atoms with Gasteiger partial charge in [-0.3, -0.25) is 14.5 Å². The van der Waals surface area contributed by atoms with Crippen molar-refractivity contribution in [3.63, 3.8) is 0 Å². The minimum atomic E-state index is -0.611. The van der Waals surface area contributed by atoms with Gasteiger partial charge < -0.3 is 5.32 Å². The van der Waals surface area contributed by atoms with Gasteiger partial charge in [0, 0.05) is 16.6 Å². The first-order chi connectivity index (χ1) is 12.5. The van der Waals surface area contributed by atoms with Crippen LogP contribution in [-0.4, -0.2) is 17.9 Å². The van der Waals surface area contributed by atoms with Crippen molar-refractivity contribution in [2.75, 3.05) is 10.2 Å². The van der Waals surface area contributed by atoms with Crippen molar-refractivity contribution in [2.24, 2.45) is 0 Å². The zero-order valence-corrected chi connectivity index (χ0v) is 15.0. The standard InChI is InChI=1S/C22H20N2O2/c1-13-7-4-11-18(14(13)2)23-21(25)15(3)24-19-12-6-9-16-8-5-10-17(20(16)19)22(24)26/h4-12,15H,1-3H3,(H,23,25)/t15-/m1/s1. The van der Waals surface area contributed by atoms with Gasteiger partial charge in [0.25, 0.3) is 5.91 Å². The number of benzene rings is 3. The highest BCUT2D eigenvalue weighted by molar-refractivity contribution is 6.27. The van der Waals surface area contributed by atoms with Crippen molar-refractivity contribution in [1.29, 1.82) is 0 Å². The van der Waals surface area contributed by atoms with Gasteiger partial charge in [-0.25, -0.2) is 0 Å². The number of nitrogens with zero attached hydrogens (tertiary/aromatic N) is 1. The molecule has 1 heterocycles. The summed E-state index contributed by atoms with van der Waals surface area (Å²) < 4.78 is 0. The Morgan fingerprint density at radius 3 is 2.46 bits per heavy atom. The van der Waals surface area contributed by atoms with E-state index in [9.17, 15) is 9.59 Å². The summed E-state index contributed by atoms with van der Waals surface area (Å²) in [4.78, 5) is 27.4. The Morgan fingerprint density at radius 2 is 1.69 bits per heavy atom. The number of hydrogen-bond acceptors (Lipinski definition) is 2. The van der Waals surface area contributed by atoms with Crippen molar-refractivity contribution in [3.8, 4) is 0 Å². The number of anilines is 2. The lowest BCUT2D eigenvalue weighted by molar-refractivity contribution is -0.117. The normalized spacial score (nSPS) is 14.0. The van der Waals surface area contributed by atoms with Gasteiger partial charge in [0.1, 0.15) is 6.04 Å². The summed E-state index contributed by atoms with van der Waals surface area (Å²) in [5.74, 6) is -0.322. The maximum Gasteiger partial charge on any atom is 0.259 e. The summed E-state index contributed by atoms with van der Waals surface area (Å²) in [6.07, 6.45) is 0. The summed E-state index contributed by atoms with van der Waals surface area (Å²) in [7, 11) is 0. The van der Waals surface area contributed by atoms with Gasteiger partial charge in [-0.05, 0) is 55.5 Å². The number of nitrogens with one attached hydrogen (secondary N) is 1. The molecular formula is C22H20N2O2. The second kappa shape index (κ2) is 5.99.